The van der Waals surface area contributed by atoms with Crippen LogP contribution in [-0.2, 0) is 23.7 Å². The van der Waals surface area contributed by atoms with Crippen molar-refractivity contribution in [3.05, 3.63) is 28.3 Å². The molecule has 0 N–H and O–H groups in total. The van der Waals surface area contributed by atoms with Crippen molar-refractivity contribution in [2.75, 3.05) is 0 Å². The van der Waals surface area contributed by atoms with E-state index in [2.05, 4.69) is 78.1 Å². The van der Waals surface area contributed by atoms with Crippen LogP contribution in [0.4, 0.5) is 0 Å². The molecule has 1 aromatic carbocycles. The number of benzene rings is 1. The first-order valence-electron chi connectivity index (χ1n) is 13.6. The summed E-state index contributed by atoms with van der Waals surface area (Å²) in [6.45, 7) is 18.7. The summed E-state index contributed by atoms with van der Waals surface area (Å²) in [5, 5.41) is 0. The molecule has 2 radical (unpaired) electrons. The van der Waals surface area contributed by atoms with E-state index in [0.717, 1.165) is 5.75 Å². The highest BCUT2D eigenvalue weighted by atomic mass is 27.1. The largest absolute Gasteiger partial charge is 0.653 e. The van der Waals surface area contributed by atoms with Gasteiger partial charge in [0.1, 0.15) is 0 Å². The molecule has 0 unspecified atom stereocenters. The fourth-order valence-electron chi connectivity index (χ4n) is 4.92. The Kier molecular flexibility index (Phi) is 13.6. The Morgan fingerprint density at radius 3 is 1.56 bits per heavy atom. The highest BCUT2D eigenvalue weighted by molar-refractivity contribution is 6.00. The van der Waals surface area contributed by atoms with E-state index in [1.807, 2.05) is 0 Å². The van der Waals surface area contributed by atoms with Gasteiger partial charge in [-0.1, -0.05) is 126 Å². The van der Waals surface area contributed by atoms with Gasteiger partial charge in [0.15, 0.2) is 0 Å². The monoisotopic (exact) mass is 456 g/mol. The SMILES string of the molecule is CCCCCCCCc1cc(C(C)(C)C)c([O][Al])c(C(C)(C)C)c1CCCCCCCC. The number of rotatable bonds is 15. The van der Waals surface area contributed by atoms with Gasteiger partial charge in [-0.15, -0.1) is 0 Å². The van der Waals surface area contributed by atoms with E-state index in [-0.39, 0.29) is 10.8 Å². The summed E-state index contributed by atoms with van der Waals surface area (Å²) in [6, 6.07) is 2.51. The van der Waals surface area contributed by atoms with Crippen LogP contribution >= 0.6 is 0 Å². The molecule has 0 aliphatic heterocycles. The van der Waals surface area contributed by atoms with Crippen molar-refractivity contribution in [1.29, 1.82) is 0 Å². The summed E-state index contributed by atoms with van der Waals surface area (Å²) < 4.78 is 6.07. The predicted molar refractivity (Wildman–Crippen MR) is 144 cm³/mol. The van der Waals surface area contributed by atoms with Gasteiger partial charge in [-0.3, -0.25) is 0 Å². The normalized spacial score (nSPS) is 12.4. The molecule has 0 atom stereocenters. The Hall–Kier alpha value is -0.448. The zero-order valence-corrected chi connectivity index (χ0v) is 24.1. The van der Waals surface area contributed by atoms with Crippen LogP contribution in [0.15, 0.2) is 6.07 Å². The van der Waals surface area contributed by atoms with E-state index >= 15 is 0 Å². The summed E-state index contributed by atoms with van der Waals surface area (Å²) in [6.07, 6.45) is 18.6. The lowest BCUT2D eigenvalue weighted by Crippen LogP contribution is -2.23. The summed E-state index contributed by atoms with van der Waals surface area (Å²) in [7, 11) is 0. The van der Waals surface area contributed by atoms with Gasteiger partial charge < -0.3 is 3.79 Å². The molecule has 1 nitrogen and oxygen atoms in total. The highest BCUT2D eigenvalue weighted by Gasteiger charge is 2.30. The number of hydrogen-bond donors (Lipinski definition) is 0. The number of aryl methyl sites for hydroxylation is 1. The van der Waals surface area contributed by atoms with E-state index in [1.165, 1.54) is 101 Å². The van der Waals surface area contributed by atoms with Gasteiger partial charge in [0.05, 0.1) is 5.75 Å². The van der Waals surface area contributed by atoms with E-state index in [9.17, 15) is 0 Å². The summed E-state index contributed by atoms with van der Waals surface area (Å²) in [5.41, 5.74) is 6.14. The summed E-state index contributed by atoms with van der Waals surface area (Å²) in [4.78, 5) is 0. The lowest BCUT2D eigenvalue weighted by Gasteiger charge is -2.34. The average molecular weight is 457 g/mol. The van der Waals surface area contributed by atoms with Gasteiger partial charge in [0, 0.05) is 0 Å². The van der Waals surface area contributed by atoms with Crippen LogP contribution in [0.3, 0.4) is 0 Å². The third-order valence-corrected chi connectivity index (χ3v) is 6.97. The molecule has 2 heteroatoms. The smallest absolute Gasteiger partial charge is 0.482 e. The van der Waals surface area contributed by atoms with Crippen LogP contribution in [-0.4, -0.2) is 16.6 Å². The third kappa shape index (κ3) is 9.81. The van der Waals surface area contributed by atoms with Gasteiger partial charge in [0.25, 0.3) is 0 Å². The average Bonchev–Trinajstić information content (AvgIpc) is 2.71. The Morgan fingerprint density at radius 2 is 1.12 bits per heavy atom. The van der Waals surface area contributed by atoms with Crippen LogP contribution in [0.25, 0.3) is 0 Å². The van der Waals surface area contributed by atoms with Gasteiger partial charge in [-0.2, -0.15) is 0 Å². The number of unbranched alkanes of at least 4 members (excludes halogenated alkanes) is 10. The molecule has 0 aliphatic rings. The highest BCUT2D eigenvalue weighted by Crippen LogP contribution is 2.44. The standard InChI is InChI=1S/C30H54O.Al/c1-9-11-13-15-17-19-21-24-23-26(29(3,4)5)28(31)27(30(6,7)8)25(24)22-20-18-16-14-12-10-2;/h23,31H,9-22H2,1-8H3;/q;+1/p-1. The number of hydrogen-bond acceptors (Lipinski definition) is 1. The Bertz CT molecular complexity index is 648. The van der Waals surface area contributed by atoms with Crippen LogP contribution in [0.1, 0.15) is 155 Å². The van der Waals surface area contributed by atoms with Crippen molar-refractivity contribution < 1.29 is 3.79 Å². The maximum absolute atomic E-state index is 6.07. The molecule has 1 aromatic rings. The van der Waals surface area contributed by atoms with E-state index in [0.29, 0.717) is 0 Å². The molecule has 32 heavy (non-hydrogen) atoms. The molecule has 1 rings (SSSR count). The lowest BCUT2D eigenvalue weighted by atomic mass is 9.74. The first-order chi connectivity index (χ1) is 15.1. The molecule has 0 bridgehead atoms. The molecule has 0 saturated heterocycles. The molecule has 0 aromatic heterocycles. The van der Waals surface area contributed by atoms with Crippen molar-refractivity contribution in [2.45, 2.75) is 156 Å². The molecule has 0 amide bonds. The maximum Gasteiger partial charge on any atom is 0.482 e. The van der Waals surface area contributed by atoms with E-state index in [1.54, 1.807) is 11.1 Å². The van der Waals surface area contributed by atoms with Gasteiger partial charge >= 0.3 is 16.6 Å². The fraction of sp³-hybridized carbons (Fsp3) is 0.800. The summed E-state index contributed by atoms with van der Waals surface area (Å²) in [5.74, 6) is 1.11. The second kappa shape index (κ2) is 14.7. The van der Waals surface area contributed by atoms with E-state index in [4.69, 9.17) is 3.79 Å². The van der Waals surface area contributed by atoms with Crippen LogP contribution in [0.2, 0.25) is 0 Å². The van der Waals surface area contributed by atoms with Crippen molar-refractivity contribution in [3.8, 4) is 5.75 Å². The van der Waals surface area contributed by atoms with Crippen molar-refractivity contribution in [3.63, 3.8) is 0 Å². The lowest BCUT2D eigenvalue weighted by molar-refractivity contribution is 0.492. The Labute approximate surface area is 210 Å². The minimum absolute atomic E-state index is 0.0699. The first kappa shape index (κ1) is 29.6. The maximum atomic E-state index is 6.07. The van der Waals surface area contributed by atoms with Gasteiger partial charge in [0.2, 0.25) is 0 Å². The van der Waals surface area contributed by atoms with Gasteiger partial charge in [-0.05, 0) is 58.8 Å². The summed E-state index contributed by atoms with van der Waals surface area (Å²) >= 11 is 2.55. The topological polar surface area (TPSA) is 9.23 Å². The van der Waals surface area contributed by atoms with Crippen LogP contribution in [0, 0.1) is 0 Å². The molecule has 182 valence electrons. The molecule has 0 aliphatic carbocycles. The predicted octanol–water partition coefficient (Wildman–Crippen LogP) is 9.55. The minimum Gasteiger partial charge on any atom is -0.653 e. The molecule has 0 fully saturated rings. The molecule has 0 heterocycles. The van der Waals surface area contributed by atoms with Crippen molar-refractivity contribution in [1.82, 2.24) is 0 Å². The van der Waals surface area contributed by atoms with E-state index < -0.39 is 0 Å². The molecular weight excluding hydrogens is 403 g/mol. The quantitative estimate of drug-likeness (QED) is 0.188. The second-order valence-electron chi connectivity index (χ2n) is 11.9. The van der Waals surface area contributed by atoms with Gasteiger partial charge in [-0.25, -0.2) is 0 Å². The Morgan fingerprint density at radius 1 is 0.656 bits per heavy atom. The van der Waals surface area contributed by atoms with Crippen molar-refractivity contribution >= 4 is 16.6 Å². The van der Waals surface area contributed by atoms with Crippen molar-refractivity contribution in [2.24, 2.45) is 0 Å². The Balaban J connectivity index is 3.25. The molecule has 0 saturated carbocycles. The zero-order valence-electron chi connectivity index (χ0n) is 23.0. The molecular formula is C30H53AlO. The van der Waals surface area contributed by atoms with Crippen LogP contribution in [0.5, 0.6) is 5.75 Å². The fourth-order valence-corrected chi connectivity index (χ4v) is 5.16. The second-order valence-corrected chi connectivity index (χ2v) is 12.2. The molecule has 0 spiro atoms. The van der Waals surface area contributed by atoms with Crippen LogP contribution < -0.4 is 3.79 Å². The third-order valence-electron chi connectivity index (χ3n) is 6.74. The first-order valence-corrected chi connectivity index (χ1v) is 14.1. The zero-order chi connectivity index (χ0) is 24.2. The minimum atomic E-state index is 0.0699.